The minimum atomic E-state index is -5.41. The van der Waals surface area contributed by atoms with Gasteiger partial charge in [0, 0.05) is 49.8 Å². The van der Waals surface area contributed by atoms with Gasteiger partial charge in [-0.1, -0.05) is 36.4 Å². The first kappa shape index (κ1) is 25.8. The zero-order chi connectivity index (χ0) is 21.5. The number of hydrogen-bond acceptors (Lipinski definition) is 4. The molecule has 5 nitrogen and oxygen atoms in total. The molecule has 12 heteroatoms. The molecule has 0 bridgehead atoms. The molecule has 0 fully saturated rings. The average molecular weight is 622 g/mol. The van der Waals surface area contributed by atoms with Crippen LogP contribution in [-0.4, -0.2) is 23.9 Å². The normalized spacial score (nSPS) is 11.1. The number of alkyl halides is 3. The largest absolute Gasteiger partial charge is 0.536 e. The topological polar surface area (TPSA) is 74.0 Å². The molecular formula is C18H12F5IrN3O2S-2. The Bertz CT molecular complexity index is 1040. The second-order valence-corrected chi connectivity index (χ2v) is 6.96. The van der Waals surface area contributed by atoms with E-state index in [0.29, 0.717) is 5.69 Å². The Kier molecular flexibility index (Phi) is 9.63. The molecule has 0 saturated heterocycles. The van der Waals surface area contributed by atoms with Crippen molar-refractivity contribution >= 4 is 10.0 Å². The summed E-state index contributed by atoms with van der Waals surface area (Å²) in [5.41, 5.74) is -4.55. The van der Waals surface area contributed by atoms with E-state index in [1.54, 1.807) is 30.5 Å². The summed E-state index contributed by atoms with van der Waals surface area (Å²) in [6.45, 7) is -0.608. The molecule has 3 aromatic rings. The molecule has 0 aliphatic heterocycles. The molecule has 0 amide bonds. The van der Waals surface area contributed by atoms with Gasteiger partial charge in [0.05, 0.1) is 0 Å². The molecule has 163 valence electrons. The fourth-order valence-electron chi connectivity index (χ4n) is 1.87. The number of aromatic nitrogens is 2. The quantitative estimate of drug-likeness (QED) is 0.315. The maximum absolute atomic E-state index is 13.2. The van der Waals surface area contributed by atoms with Crippen molar-refractivity contribution in [3.05, 3.63) is 89.0 Å². The van der Waals surface area contributed by atoms with Crippen molar-refractivity contribution in [2.45, 2.75) is 12.1 Å². The van der Waals surface area contributed by atoms with E-state index in [-0.39, 0.29) is 31.4 Å². The third-order valence-corrected chi connectivity index (χ3v) is 4.25. The van der Waals surface area contributed by atoms with Gasteiger partial charge in [-0.25, -0.2) is 8.42 Å². The van der Waals surface area contributed by atoms with Gasteiger partial charge in [-0.15, -0.1) is 12.1 Å². The van der Waals surface area contributed by atoms with Gasteiger partial charge >= 0.3 is 5.51 Å². The van der Waals surface area contributed by atoms with Gasteiger partial charge in [0.15, 0.2) is 10.0 Å². The fraction of sp³-hybridized carbons (Fsp3) is 0.111. The summed E-state index contributed by atoms with van der Waals surface area (Å²) in [7, 11) is -5.41. The minimum absolute atomic E-state index is 0. The van der Waals surface area contributed by atoms with Crippen molar-refractivity contribution in [1.29, 1.82) is 0 Å². The summed E-state index contributed by atoms with van der Waals surface area (Å²) < 4.78 is 84.9. The molecule has 3 rings (SSSR count). The van der Waals surface area contributed by atoms with Crippen LogP contribution in [0.3, 0.4) is 0 Å². The van der Waals surface area contributed by atoms with Gasteiger partial charge in [0.2, 0.25) is 0 Å². The molecule has 0 spiro atoms. The van der Waals surface area contributed by atoms with E-state index in [0.717, 1.165) is 12.1 Å². The molecule has 0 unspecified atom stereocenters. The van der Waals surface area contributed by atoms with Crippen LogP contribution in [0.2, 0.25) is 0 Å². The van der Waals surface area contributed by atoms with Crippen LogP contribution < -0.4 is 0 Å². The van der Waals surface area contributed by atoms with Crippen molar-refractivity contribution in [1.82, 2.24) is 9.97 Å². The van der Waals surface area contributed by atoms with Gasteiger partial charge in [0.1, 0.15) is 0 Å². The molecular weight excluding hydrogens is 609 g/mol. The average Bonchev–Trinajstić information content (AvgIpc) is 2.68. The second kappa shape index (κ2) is 11.2. The number of benzene rings is 1. The Balaban J connectivity index is 0.000000291. The first-order chi connectivity index (χ1) is 13.6. The molecule has 0 saturated carbocycles. The van der Waals surface area contributed by atoms with Crippen LogP contribution in [0, 0.1) is 17.7 Å². The molecule has 1 radical (unpaired) electrons. The van der Waals surface area contributed by atoms with E-state index in [4.69, 9.17) is 0 Å². The van der Waals surface area contributed by atoms with Crippen molar-refractivity contribution in [2.75, 3.05) is 0 Å². The third kappa shape index (κ3) is 7.52. The van der Waals surface area contributed by atoms with Gasteiger partial charge in [-0.2, -0.15) is 13.2 Å². The van der Waals surface area contributed by atoms with Gasteiger partial charge in [-0.05, 0) is 23.9 Å². The summed E-state index contributed by atoms with van der Waals surface area (Å²) in [5.74, 6) is -1.29. The van der Waals surface area contributed by atoms with Crippen LogP contribution in [0.4, 0.5) is 22.0 Å². The summed E-state index contributed by atoms with van der Waals surface area (Å²) in [5, 5.41) is 0. The summed E-state index contributed by atoms with van der Waals surface area (Å²) in [6.07, 6.45) is 2.89. The number of rotatable bonds is 4. The van der Waals surface area contributed by atoms with Crippen LogP contribution >= 0.6 is 0 Å². The third-order valence-electron chi connectivity index (χ3n) is 3.19. The maximum atomic E-state index is 13.2. The Morgan fingerprint density at radius 1 is 1.00 bits per heavy atom. The van der Waals surface area contributed by atoms with Crippen LogP contribution in [0.25, 0.3) is 16.0 Å². The van der Waals surface area contributed by atoms with E-state index >= 15 is 0 Å². The number of nitrogens with zero attached hydrogens (tertiary/aromatic N) is 3. The van der Waals surface area contributed by atoms with Gasteiger partial charge < -0.3 is 9.71 Å². The molecule has 0 aliphatic rings. The SMILES string of the molecule is Fc1c[c-]c(-c2ccccn2)c(F)c1.O=S(=O)([N-]Cc1ccccn1)C(F)(F)F.[Ir]. The van der Waals surface area contributed by atoms with Crippen LogP contribution in [-0.2, 0) is 36.7 Å². The predicted octanol–water partition coefficient (Wildman–Crippen LogP) is 4.63. The molecule has 2 heterocycles. The predicted molar refractivity (Wildman–Crippen MR) is 94.7 cm³/mol. The van der Waals surface area contributed by atoms with E-state index in [2.05, 4.69) is 20.8 Å². The van der Waals surface area contributed by atoms with E-state index in [1.165, 1.54) is 18.3 Å². The van der Waals surface area contributed by atoms with E-state index in [9.17, 15) is 30.4 Å². The summed E-state index contributed by atoms with van der Waals surface area (Å²) >= 11 is 0. The Morgan fingerprint density at radius 3 is 2.13 bits per heavy atom. The van der Waals surface area contributed by atoms with E-state index < -0.39 is 33.7 Å². The number of halogens is 5. The van der Waals surface area contributed by atoms with Crippen molar-refractivity contribution < 1.29 is 50.5 Å². The molecule has 0 aliphatic carbocycles. The first-order valence-electron chi connectivity index (χ1n) is 7.78. The first-order valence-corrected chi connectivity index (χ1v) is 9.22. The van der Waals surface area contributed by atoms with Gasteiger partial charge in [0.25, 0.3) is 0 Å². The standard InChI is InChI=1S/C11H6F2N.C7H6F3N2O2S.Ir/c12-8-4-5-9(10(13)7-8)11-3-1-2-6-14-11;8-7(9,10)15(13,14)12-5-6-3-1-2-4-11-6;/h1-4,6-7H;1-4H,5H2;/q2*-1;. The summed E-state index contributed by atoms with van der Waals surface area (Å²) in [6, 6.07) is 14.0. The Labute approximate surface area is 182 Å². The monoisotopic (exact) mass is 622 g/mol. The van der Waals surface area contributed by atoms with Crippen molar-refractivity contribution in [3.63, 3.8) is 0 Å². The van der Waals surface area contributed by atoms with Crippen LogP contribution in [0.1, 0.15) is 5.69 Å². The Hall–Kier alpha value is -2.27. The van der Waals surface area contributed by atoms with Crippen LogP contribution in [0.15, 0.2) is 60.9 Å². The molecule has 1 aromatic carbocycles. The molecule has 0 atom stereocenters. The van der Waals surface area contributed by atoms with Crippen LogP contribution in [0.5, 0.6) is 0 Å². The number of pyridine rings is 2. The zero-order valence-electron chi connectivity index (χ0n) is 14.8. The molecule has 30 heavy (non-hydrogen) atoms. The smallest absolute Gasteiger partial charge is 0.480 e. The number of hydrogen-bond donors (Lipinski definition) is 0. The minimum Gasteiger partial charge on any atom is -0.536 e. The van der Waals surface area contributed by atoms with E-state index in [1.807, 2.05) is 0 Å². The summed E-state index contributed by atoms with van der Waals surface area (Å²) in [4.78, 5) is 7.58. The Morgan fingerprint density at radius 2 is 1.63 bits per heavy atom. The molecule has 0 N–H and O–H groups in total. The molecule has 2 aromatic heterocycles. The van der Waals surface area contributed by atoms with Crippen molar-refractivity contribution in [3.8, 4) is 11.3 Å². The number of sulfonamides is 1. The zero-order valence-corrected chi connectivity index (χ0v) is 18.0. The second-order valence-electron chi connectivity index (χ2n) is 5.28. The van der Waals surface area contributed by atoms with Crippen molar-refractivity contribution in [2.24, 2.45) is 0 Å². The van der Waals surface area contributed by atoms with Gasteiger partial charge in [-0.3, -0.25) is 13.8 Å². The maximum Gasteiger partial charge on any atom is 0.480 e. The fourth-order valence-corrected chi connectivity index (χ4v) is 2.32.